The summed E-state index contributed by atoms with van der Waals surface area (Å²) >= 11 is 5.90. The number of aryl methyl sites for hydroxylation is 1. The average molecular weight is 525 g/mol. The van der Waals surface area contributed by atoms with Gasteiger partial charge in [-0.05, 0) is 49.1 Å². The lowest BCUT2D eigenvalue weighted by molar-refractivity contribution is -0.255. The molecule has 1 aliphatic rings. The van der Waals surface area contributed by atoms with Gasteiger partial charge in [-0.1, -0.05) is 11.6 Å². The van der Waals surface area contributed by atoms with Gasteiger partial charge in [0.25, 0.3) is 0 Å². The van der Waals surface area contributed by atoms with E-state index in [0.29, 0.717) is 5.39 Å². The van der Waals surface area contributed by atoms with Crippen LogP contribution in [-0.4, -0.2) is 48.1 Å². The van der Waals surface area contributed by atoms with Crippen LogP contribution >= 0.6 is 11.6 Å². The predicted octanol–water partition coefficient (Wildman–Crippen LogP) is 3.78. The number of aliphatic hydroxyl groups is 2. The number of aromatic nitrogens is 4. The van der Waals surface area contributed by atoms with Crippen LogP contribution < -0.4 is 11.5 Å². The lowest BCUT2D eigenvalue weighted by atomic mass is 9.77. The van der Waals surface area contributed by atoms with Crippen molar-refractivity contribution in [3.63, 3.8) is 0 Å². The fraction of sp³-hybridized carbons (Fsp3) is 0.348. The minimum absolute atomic E-state index is 0.0342. The first-order valence-electron chi connectivity index (χ1n) is 11.0. The monoisotopic (exact) mass is 524 g/mol. The minimum atomic E-state index is -4.87. The molecule has 0 saturated heterocycles. The lowest BCUT2D eigenvalue weighted by Gasteiger charge is -2.35. The smallest absolute Gasteiger partial charge is 0.389 e. The molecule has 13 heteroatoms. The van der Waals surface area contributed by atoms with Crippen molar-refractivity contribution < 1.29 is 27.8 Å². The Balaban J connectivity index is 1.50. The summed E-state index contributed by atoms with van der Waals surface area (Å²) in [5.74, 6) is -0.602. The molecule has 0 unspecified atom stereocenters. The molecule has 0 bridgehead atoms. The molecule has 5 rings (SSSR count). The third-order valence-electron chi connectivity index (χ3n) is 7.10. The Kier molecular flexibility index (Phi) is 5.73. The molecule has 0 spiro atoms. The maximum atomic E-state index is 14.7. The highest BCUT2D eigenvalue weighted by molar-refractivity contribution is 6.33. The number of nitrogens with two attached hydrogens (primary N) is 2. The van der Waals surface area contributed by atoms with Crippen molar-refractivity contribution in [1.82, 2.24) is 19.5 Å². The number of alkyl halides is 3. The fourth-order valence-electron chi connectivity index (χ4n) is 5.14. The highest BCUT2D eigenvalue weighted by Crippen LogP contribution is 2.57. The number of fused-ring (bicyclic) bond motifs is 2. The highest BCUT2D eigenvalue weighted by Gasteiger charge is 2.66. The van der Waals surface area contributed by atoms with Crippen molar-refractivity contribution in [2.75, 3.05) is 11.5 Å². The lowest BCUT2D eigenvalue weighted by Crippen LogP contribution is -2.47. The summed E-state index contributed by atoms with van der Waals surface area (Å²) in [6.07, 6.45) is -7.57. The first-order valence-corrected chi connectivity index (χ1v) is 11.3. The van der Waals surface area contributed by atoms with E-state index in [1.807, 2.05) is 0 Å². The summed E-state index contributed by atoms with van der Waals surface area (Å²) < 4.78 is 59.6. The molecule has 0 aliphatic heterocycles. The zero-order valence-electron chi connectivity index (χ0n) is 18.5. The second-order valence-electron chi connectivity index (χ2n) is 9.08. The number of benzene rings is 1. The fourth-order valence-corrected chi connectivity index (χ4v) is 5.29. The summed E-state index contributed by atoms with van der Waals surface area (Å²) in [5, 5.41) is 22.1. The molecular formula is C23H21ClF4N6O2. The van der Waals surface area contributed by atoms with Gasteiger partial charge in [-0.3, -0.25) is 0 Å². The maximum Gasteiger partial charge on any atom is 0.397 e. The zero-order chi connectivity index (χ0) is 26.0. The van der Waals surface area contributed by atoms with Gasteiger partial charge in [-0.2, -0.15) is 13.2 Å². The van der Waals surface area contributed by atoms with Crippen LogP contribution in [0.3, 0.4) is 0 Å². The highest BCUT2D eigenvalue weighted by atomic mass is 35.5. The van der Waals surface area contributed by atoms with Gasteiger partial charge in [0.05, 0.1) is 33.5 Å². The van der Waals surface area contributed by atoms with Gasteiger partial charge >= 0.3 is 6.18 Å². The minimum Gasteiger partial charge on any atom is -0.389 e. The number of aliphatic hydroxyl groups excluding tert-OH is 2. The van der Waals surface area contributed by atoms with Crippen molar-refractivity contribution in [3.8, 4) is 0 Å². The number of nitrogen functional groups attached to an aromatic ring is 2. The van der Waals surface area contributed by atoms with Crippen molar-refractivity contribution in [2.45, 2.75) is 43.7 Å². The SMILES string of the molecule is Nc1nc2cc(CC[C@@]3(C(F)(F)F)C[C@@H](n4ccc5c(N)ncnc54)[C@H](O)[C@@H]3O)cc(F)c2cc1Cl. The number of hydrogen-bond donors (Lipinski definition) is 4. The second kappa shape index (κ2) is 8.43. The van der Waals surface area contributed by atoms with Crippen LogP contribution in [0.1, 0.15) is 24.4 Å². The van der Waals surface area contributed by atoms with E-state index in [-0.39, 0.29) is 45.2 Å². The molecule has 36 heavy (non-hydrogen) atoms. The molecular weight excluding hydrogens is 504 g/mol. The number of rotatable bonds is 4. The van der Waals surface area contributed by atoms with Crippen LogP contribution in [0.5, 0.6) is 0 Å². The Bertz CT molecular complexity index is 1480. The predicted molar refractivity (Wildman–Crippen MR) is 126 cm³/mol. The zero-order valence-corrected chi connectivity index (χ0v) is 19.3. The van der Waals surface area contributed by atoms with E-state index in [1.165, 1.54) is 29.2 Å². The number of anilines is 2. The molecule has 1 aliphatic carbocycles. The maximum absolute atomic E-state index is 14.7. The number of hydrogen-bond acceptors (Lipinski definition) is 7. The first-order chi connectivity index (χ1) is 16.9. The molecule has 4 atom stereocenters. The Morgan fingerprint density at radius 1 is 1.11 bits per heavy atom. The molecule has 1 fully saturated rings. The molecule has 4 aromatic rings. The van der Waals surface area contributed by atoms with Gasteiger partial charge in [-0.25, -0.2) is 19.3 Å². The third kappa shape index (κ3) is 3.71. The Hall–Kier alpha value is -3.22. The van der Waals surface area contributed by atoms with Gasteiger partial charge in [0.2, 0.25) is 0 Å². The average Bonchev–Trinajstić information content (AvgIpc) is 3.34. The van der Waals surface area contributed by atoms with Crippen LogP contribution in [0.4, 0.5) is 29.2 Å². The summed E-state index contributed by atoms with van der Waals surface area (Å²) in [6, 6.07) is 4.25. The summed E-state index contributed by atoms with van der Waals surface area (Å²) in [6.45, 7) is 0. The Labute approximate surface area is 206 Å². The van der Waals surface area contributed by atoms with Crippen LogP contribution in [0, 0.1) is 11.2 Å². The molecule has 8 nitrogen and oxygen atoms in total. The van der Waals surface area contributed by atoms with Crippen LogP contribution in [0.2, 0.25) is 5.02 Å². The van der Waals surface area contributed by atoms with Gasteiger partial charge in [0.1, 0.15) is 35.5 Å². The normalized spacial score (nSPS) is 24.7. The standard InChI is InChI=1S/C23H21ClF4N6O2/c24-13-7-12-14(25)5-10(6-15(12)33-20(13)30)1-3-22(23(26,27)28)8-16(17(35)18(22)36)34-4-2-11-19(29)31-9-32-21(11)34/h2,4-7,9,16-18,35-36H,1,3,8H2,(H2,30,33)(H2,29,31,32)/t16-,17+,18+,22-/m1/s1. The van der Waals surface area contributed by atoms with E-state index in [2.05, 4.69) is 15.0 Å². The number of pyridine rings is 1. The molecule has 3 heterocycles. The molecule has 0 radical (unpaired) electrons. The molecule has 6 N–H and O–H groups in total. The molecule has 1 aromatic carbocycles. The van der Waals surface area contributed by atoms with Crippen LogP contribution in [0.15, 0.2) is 36.8 Å². The topological polar surface area (TPSA) is 136 Å². The molecule has 0 amide bonds. The van der Waals surface area contributed by atoms with Gasteiger partial charge in [-0.15, -0.1) is 0 Å². The van der Waals surface area contributed by atoms with E-state index in [0.717, 1.165) is 6.07 Å². The largest absolute Gasteiger partial charge is 0.397 e. The van der Waals surface area contributed by atoms with Crippen molar-refractivity contribution in [3.05, 3.63) is 53.2 Å². The third-order valence-corrected chi connectivity index (χ3v) is 7.41. The van der Waals surface area contributed by atoms with E-state index >= 15 is 0 Å². The Morgan fingerprint density at radius 3 is 2.58 bits per heavy atom. The van der Waals surface area contributed by atoms with Crippen molar-refractivity contribution >= 4 is 45.2 Å². The Morgan fingerprint density at radius 2 is 1.86 bits per heavy atom. The van der Waals surface area contributed by atoms with Crippen LogP contribution in [0.25, 0.3) is 21.9 Å². The van der Waals surface area contributed by atoms with E-state index < -0.39 is 48.5 Å². The van der Waals surface area contributed by atoms with E-state index in [4.69, 9.17) is 23.1 Å². The molecule has 1 saturated carbocycles. The first kappa shape index (κ1) is 24.5. The van der Waals surface area contributed by atoms with Crippen LogP contribution in [-0.2, 0) is 6.42 Å². The number of nitrogens with zero attached hydrogens (tertiary/aromatic N) is 4. The molecule has 190 valence electrons. The van der Waals surface area contributed by atoms with Crippen molar-refractivity contribution in [1.29, 1.82) is 0 Å². The summed E-state index contributed by atoms with van der Waals surface area (Å²) in [4.78, 5) is 12.0. The second-order valence-corrected chi connectivity index (χ2v) is 9.49. The number of halogens is 5. The van der Waals surface area contributed by atoms with Gasteiger partial charge in [0.15, 0.2) is 0 Å². The quantitative estimate of drug-likeness (QED) is 0.298. The molecule has 3 aromatic heterocycles. The van der Waals surface area contributed by atoms with E-state index in [1.54, 1.807) is 6.07 Å². The van der Waals surface area contributed by atoms with Crippen molar-refractivity contribution in [2.24, 2.45) is 5.41 Å². The van der Waals surface area contributed by atoms with E-state index in [9.17, 15) is 27.8 Å². The van der Waals surface area contributed by atoms with Gasteiger partial charge in [0, 0.05) is 11.6 Å². The summed E-state index contributed by atoms with van der Waals surface area (Å²) in [5.41, 5.74) is 9.48. The summed E-state index contributed by atoms with van der Waals surface area (Å²) in [7, 11) is 0. The van der Waals surface area contributed by atoms with Gasteiger partial charge < -0.3 is 26.2 Å².